The maximum atomic E-state index is 11.2. The second-order valence-corrected chi connectivity index (χ2v) is 3.56. The van der Waals surface area contributed by atoms with Crippen molar-refractivity contribution >= 4 is 5.78 Å². The first-order valence-electron chi connectivity index (χ1n) is 5.74. The highest BCUT2D eigenvalue weighted by molar-refractivity contribution is 5.89. The van der Waals surface area contributed by atoms with Gasteiger partial charge in [0.05, 0.1) is 0 Å². The number of hydrogen-bond donors (Lipinski definition) is 1. The first-order chi connectivity index (χ1) is 6.81. The van der Waals surface area contributed by atoms with Gasteiger partial charge in [-0.3, -0.25) is 4.79 Å². The fourth-order valence-corrected chi connectivity index (χ4v) is 1.15. The van der Waals surface area contributed by atoms with Gasteiger partial charge in [-0.25, -0.2) is 0 Å². The summed E-state index contributed by atoms with van der Waals surface area (Å²) < 4.78 is 0. The zero-order chi connectivity index (χ0) is 10.6. The minimum Gasteiger partial charge on any atom is -0.391 e. The summed E-state index contributed by atoms with van der Waals surface area (Å²) in [5, 5.41) is 3.11. The SMILES string of the molecule is CCCCCC(=O)C=CNCCCC. The van der Waals surface area contributed by atoms with E-state index >= 15 is 0 Å². The second-order valence-electron chi connectivity index (χ2n) is 3.56. The molecule has 0 atom stereocenters. The quantitative estimate of drug-likeness (QED) is 0.454. The van der Waals surface area contributed by atoms with Crippen LogP contribution in [0.3, 0.4) is 0 Å². The van der Waals surface area contributed by atoms with E-state index in [1.54, 1.807) is 12.3 Å². The lowest BCUT2D eigenvalue weighted by molar-refractivity contribution is -0.114. The normalized spacial score (nSPS) is 10.7. The summed E-state index contributed by atoms with van der Waals surface area (Å²) in [5.41, 5.74) is 0. The number of rotatable bonds is 9. The third-order valence-corrected chi connectivity index (χ3v) is 2.09. The molecular formula is C12H23NO. The molecule has 1 N–H and O–H groups in total. The van der Waals surface area contributed by atoms with Crippen molar-refractivity contribution in [3.05, 3.63) is 12.3 Å². The summed E-state index contributed by atoms with van der Waals surface area (Å²) in [4.78, 5) is 11.2. The van der Waals surface area contributed by atoms with Gasteiger partial charge in [-0.15, -0.1) is 0 Å². The number of nitrogens with one attached hydrogen (secondary N) is 1. The Morgan fingerprint density at radius 3 is 2.50 bits per heavy atom. The van der Waals surface area contributed by atoms with Crippen LogP contribution in [-0.4, -0.2) is 12.3 Å². The number of unbranched alkanes of at least 4 members (excludes halogenated alkanes) is 3. The number of ketones is 1. The van der Waals surface area contributed by atoms with Crippen LogP contribution < -0.4 is 5.32 Å². The Labute approximate surface area is 87.8 Å². The average Bonchev–Trinajstić information content (AvgIpc) is 2.18. The molecule has 0 radical (unpaired) electrons. The molecule has 0 bridgehead atoms. The highest BCUT2D eigenvalue weighted by Crippen LogP contribution is 1.99. The molecule has 0 saturated carbocycles. The van der Waals surface area contributed by atoms with E-state index < -0.39 is 0 Å². The summed E-state index contributed by atoms with van der Waals surface area (Å²) in [6, 6.07) is 0. The molecule has 82 valence electrons. The number of carbonyl (C=O) groups is 1. The third-order valence-electron chi connectivity index (χ3n) is 2.09. The first kappa shape index (κ1) is 13.2. The zero-order valence-electron chi connectivity index (χ0n) is 9.51. The van der Waals surface area contributed by atoms with Crippen molar-refractivity contribution in [2.45, 2.75) is 52.4 Å². The van der Waals surface area contributed by atoms with Gasteiger partial charge in [0.15, 0.2) is 5.78 Å². The van der Waals surface area contributed by atoms with Crippen LogP contribution in [0.5, 0.6) is 0 Å². The molecule has 0 aromatic heterocycles. The van der Waals surface area contributed by atoms with Gasteiger partial charge in [-0.05, 0) is 25.1 Å². The standard InChI is InChI=1S/C12H23NO/c1-3-5-7-8-12(14)9-11-13-10-6-4-2/h9,11,13H,3-8,10H2,1-2H3. The van der Waals surface area contributed by atoms with Gasteiger partial charge in [0.1, 0.15) is 0 Å². The Morgan fingerprint density at radius 2 is 1.86 bits per heavy atom. The molecule has 0 saturated heterocycles. The van der Waals surface area contributed by atoms with E-state index in [2.05, 4.69) is 19.2 Å². The van der Waals surface area contributed by atoms with Crippen LogP contribution in [0.4, 0.5) is 0 Å². The monoisotopic (exact) mass is 197 g/mol. The second kappa shape index (κ2) is 10.3. The summed E-state index contributed by atoms with van der Waals surface area (Å²) in [5.74, 6) is 0.238. The van der Waals surface area contributed by atoms with Crippen LogP contribution in [0.1, 0.15) is 52.4 Å². The Morgan fingerprint density at radius 1 is 1.14 bits per heavy atom. The lowest BCUT2D eigenvalue weighted by atomic mass is 10.1. The van der Waals surface area contributed by atoms with Gasteiger partial charge in [0.2, 0.25) is 0 Å². The highest BCUT2D eigenvalue weighted by atomic mass is 16.1. The van der Waals surface area contributed by atoms with Crippen molar-refractivity contribution < 1.29 is 4.79 Å². The molecule has 0 aromatic rings. The van der Waals surface area contributed by atoms with E-state index in [1.807, 2.05) is 0 Å². The average molecular weight is 197 g/mol. The summed E-state index contributed by atoms with van der Waals surface area (Å²) >= 11 is 0. The first-order valence-corrected chi connectivity index (χ1v) is 5.74. The van der Waals surface area contributed by atoms with Gasteiger partial charge in [-0.2, -0.15) is 0 Å². The molecule has 0 aliphatic rings. The molecule has 0 unspecified atom stereocenters. The molecular weight excluding hydrogens is 174 g/mol. The maximum absolute atomic E-state index is 11.2. The van der Waals surface area contributed by atoms with Crippen molar-refractivity contribution in [2.24, 2.45) is 0 Å². The van der Waals surface area contributed by atoms with Crippen molar-refractivity contribution in [3.63, 3.8) is 0 Å². The van der Waals surface area contributed by atoms with Gasteiger partial charge in [0.25, 0.3) is 0 Å². The Balaban J connectivity index is 3.32. The smallest absolute Gasteiger partial charge is 0.157 e. The Hall–Kier alpha value is -0.790. The molecule has 0 aliphatic heterocycles. The van der Waals surface area contributed by atoms with E-state index in [0.29, 0.717) is 6.42 Å². The predicted octanol–water partition coefficient (Wildman–Crippen LogP) is 3.04. The van der Waals surface area contributed by atoms with E-state index in [1.165, 1.54) is 12.8 Å². The Bertz CT molecular complexity index is 164. The Kier molecular flexibility index (Phi) is 9.71. The van der Waals surface area contributed by atoms with Crippen LogP contribution >= 0.6 is 0 Å². The van der Waals surface area contributed by atoms with Crippen LogP contribution in [-0.2, 0) is 4.79 Å². The predicted molar refractivity (Wildman–Crippen MR) is 61.2 cm³/mol. The van der Waals surface area contributed by atoms with E-state index in [-0.39, 0.29) is 5.78 Å². The molecule has 0 heterocycles. The van der Waals surface area contributed by atoms with Gasteiger partial charge >= 0.3 is 0 Å². The summed E-state index contributed by atoms with van der Waals surface area (Å²) in [6.45, 7) is 5.27. The van der Waals surface area contributed by atoms with Crippen molar-refractivity contribution in [3.8, 4) is 0 Å². The third kappa shape index (κ3) is 9.30. The van der Waals surface area contributed by atoms with E-state index in [9.17, 15) is 4.79 Å². The van der Waals surface area contributed by atoms with Crippen LogP contribution in [0.25, 0.3) is 0 Å². The molecule has 2 heteroatoms. The van der Waals surface area contributed by atoms with Crippen molar-refractivity contribution in [1.29, 1.82) is 0 Å². The largest absolute Gasteiger partial charge is 0.391 e. The highest BCUT2D eigenvalue weighted by Gasteiger charge is 1.94. The van der Waals surface area contributed by atoms with Crippen LogP contribution in [0.2, 0.25) is 0 Å². The number of carbonyl (C=O) groups excluding carboxylic acids is 1. The fraction of sp³-hybridized carbons (Fsp3) is 0.750. The minimum atomic E-state index is 0.238. The van der Waals surface area contributed by atoms with E-state index in [0.717, 1.165) is 25.8 Å². The molecule has 0 aliphatic carbocycles. The number of allylic oxidation sites excluding steroid dienone is 1. The van der Waals surface area contributed by atoms with Gasteiger partial charge in [-0.1, -0.05) is 33.1 Å². The molecule has 0 fully saturated rings. The lowest BCUT2D eigenvalue weighted by Gasteiger charge is -1.97. The molecule has 0 rings (SSSR count). The van der Waals surface area contributed by atoms with Crippen molar-refractivity contribution in [2.75, 3.05) is 6.54 Å². The van der Waals surface area contributed by atoms with Gasteiger partial charge in [0, 0.05) is 13.0 Å². The molecule has 14 heavy (non-hydrogen) atoms. The molecule has 0 aromatic carbocycles. The number of hydrogen-bond acceptors (Lipinski definition) is 2. The lowest BCUT2D eigenvalue weighted by Crippen LogP contribution is -2.07. The van der Waals surface area contributed by atoms with Gasteiger partial charge < -0.3 is 5.32 Å². The minimum absolute atomic E-state index is 0.238. The summed E-state index contributed by atoms with van der Waals surface area (Å²) in [6.07, 6.45) is 9.83. The summed E-state index contributed by atoms with van der Waals surface area (Å²) in [7, 11) is 0. The topological polar surface area (TPSA) is 29.1 Å². The molecule has 0 amide bonds. The zero-order valence-corrected chi connectivity index (χ0v) is 9.51. The molecule has 2 nitrogen and oxygen atoms in total. The van der Waals surface area contributed by atoms with Crippen molar-refractivity contribution in [1.82, 2.24) is 5.32 Å². The maximum Gasteiger partial charge on any atom is 0.157 e. The van der Waals surface area contributed by atoms with Crippen LogP contribution in [0, 0.1) is 0 Å². The van der Waals surface area contributed by atoms with Crippen LogP contribution in [0.15, 0.2) is 12.3 Å². The molecule has 0 spiro atoms. The fourth-order valence-electron chi connectivity index (χ4n) is 1.15. The van der Waals surface area contributed by atoms with E-state index in [4.69, 9.17) is 0 Å².